The molecule has 1 aliphatic rings. The van der Waals surface area contributed by atoms with E-state index in [9.17, 15) is 32.7 Å². The molecule has 222 valence electrons. The first-order valence-electron chi connectivity index (χ1n) is 12.2. The number of ether oxygens (including phenoxy) is 2. The number of carbonyl (C=O) groups excluding carboxylic acids is 2. The number of aromatic hydroxyl groups is 1. The summed E-state index contributed by atoms with van der Waals surface area (Å²) in [5, 5.41) is 18.5. The van der Waals surface area contributed by atoms with Gasteiger partial charge in [-0.3, -0.25) is 9.59 Å². The molecule has 1 aromatic heterocycles. The van der Waals surface area contributed by atoms with Gasteiger partial charge < -0.3 is 19.9 Å². The van der Waals surface area contributed by atoms with Crippen molar-refractivity contribution in [3.05, 3.63) is 73.8 Å². The van der Waals surface area contributed by atoms with E-state index in [4.69, 9.17) is 4.74 Å². The number of aromatic nitrogens is 2. The van der Waals surface area contributed by atoms with Crippen LogP contribution in [0.1, 0.15) is 44.9 Å². The van der Waals surface area contributed by atoms with Gasteiger partial charge in [0.25, 0.3) is 5.56 Å². The zero-order valence-corrected chi connectivity index (χ0v) is 25.7. The highest BCUT2D eigenvalue weighted by Crippen LogP contribution is 2.46. The predicted octanol–water partition coefficient (Wildman–Crippen LogP) is 5.08. The number of allylic oxidation sites excluding steroid dienone is 3. The fourth-order valence-corrected chi connectivity index (χ4v) is 6.25. The third-order valence-corrected chi connectivity index (χ3v) is 7.68. The minimum Gasteiger partial charge on any atom is -0.508 e. The highest BCUT2D eigenvalue weighted by Gasteiger charge is 2.43. The molecule has 0 radical (unpaired) electrons. The monoisotopic (exact) mass is 705 g/mol. The average Bonchev–Trinajstić information content (AvgIpc) is 2.86. The summed E-state index contributed by atoms with van der Waals surface area (Å²) in [6, 6.07) is 6.00. The molecule has 1 aromatic carbocycles. The lowest BCUT2D eigenvalue weighted by Gasteiger charge is -2.35. The van der Waals surface area contributed by atoms with Crippen LogP contribution >= 0.6 is 31.9 Å². The van der Waals surface area contributed by atoms with Gasteiger partial charge in [-0.2, -0.15) is 18.3 Å². The molecule has 1 unspecified atom stereocenters. The Labute approximate surface area is 250 Å². The molecule has 1 heterocycles. The Hall–Kier alpha value is -3.13. The van der Waals surface area contributed by atoms with E-state index >= 15 is 0 Å². The molecule has 0 fully saturated rings. The van der Waals surface area contributed by atoms with Crippen LogP contribution in [0.2, 0.25) is 0 Å². The molecule has 2 atom stereocenters. The van der Waals surface area contributed by atoms with Gasteiger partial charge in [0.05, 0.1) is 21.6 Å². The van der Waals surface area contributed by atoms with Gasteiger partial charge in [-0.15, -0.1) is 0 Å². The topological polar surface area (TPSA) is 131 Å². The number of benzene rings is 1. The number of phenols is 1. The van der Waals surface area contributed by atoms with Gasteiger partial charge in [0.2, 0.25) is 0 Å². The number of nitrogens with zero attached hydrogens (tertiary/aromatic N) is 1. The first-order chi connectivity index (χ1) is 18.9. The fourth-order valence-electron chi connectivity index (χ4n) is 4.26. The molecule has 2 aromatic rings. The lowest BCUT2D eigenvalue weighted by atomic mass is 9.85. The lowest BCUT2D eigenvalue weighted by Crippen LogP contribution is -2.47. The Morgan fingerprint density at radius 2 is 1.90 bits per heavy atom. The highest BCUT2D eigenvalue weighted by molar-refractivity contribution is 9.12. The van der Waals surface area contributed by atoms with Crippen molar-refractivity contribution in [2.45, 2.75) is 62.0 Å². The number of hydrogen-bond donors (Lipinski definition) is 3. The summed E-state index contributed by atoms with van der Waals surface area (Å²) in [6.45, 7) is 5.80. The Morgan fingerprint density at radius 3 is 2.46 bits per heavy atom. The summed E-state index contributed by atoms with van der Waals surface area (Å²) in [6.07, 6.45) is -3.64. The standard InChI is InChI=1S/C27H28Br2F3N3O6/c1-25(2,3)17-11-16(6-7-20(17)36)41-22-18(28)9-14(10-19(23(38)40-4)33-24(39)27(30,31)32)12-26(22,29)13-15-5-8-21(37)35-34-15/h5-9,11,19,36H,10,12-13H2,1-4H3,(H,33,39)(H,35,37)/t19-,26?/m0/s1. The van der Waals surface area contributed by atoms with Crippen LogP contribution in [0.5, 0.6) is 11.5 Å². The number of amides is 1. The second kappa shape index (κ2) is 12.4. The highest BCUT2D eigenvalue weighted by atomic mass is 79.9. The maximum atomic E-state index is 12.9. The van der Waals surface area contributed by atoms with Crippen molar-refractivity contribution in [3.63, 3.8) is 0 Å². The minimum atomic E-state index is -5.19. The summed E-state index contributed by atoms with van der Waals surface area (Å²) in [7, 11) is 1.01. The third kappa shape index (κ3) is 8.22. The van der Waals surface area contributed by atoms with E-state index in [2.05, 4.69) is 46.8 Å². The molecule has 1 aliphatic carbocycles. The van der Waals surface area contributed by atoms with Crippen LogP contribution in [0.15, 0.2) is 57.0 Å². The number of hydrogen-bond acceptors (Lipinski definition) is 7. The van der Waals surface area contributed by atoms with Crippen molar-refractivity contribution in [1.82, 2.24) is 15.5 Å². The second-order valence-electron chi connectivity index (χ2n) is 10.5. The summed E-state index contributed by atoms with van der Waals surface area (Å²) >= 11 is 7.23. The number of esters is 1. The number of rotatable bonds is 8. The molecule has 0 bridgehead atoms. The molecule has 3 N–H and O–H groups in total. The van der Waals surface area contributed by atoms with Crippen LogP contribution in [0.25, 0.3) is 0 Å². The molecule has 41 heavy (non-hydrogen) atoms. The lowest BCUT2D eigenvalue weighted by molar-refractivity contribution is -0.175. The van der Waals surface area contributed by atoms with E-state index in [1.54, 1.807) is 23.5 Å². The van der Waals surface area contributed by atoms with Gasteiger partial charge in [-0.05, 0) is 64.5 Å². The smallest absolute Gasteiger partial charge is 0.471 e. The Kier molecular flexibility index (Phi) is 9.79. The number of alkyl halides is 4. The van der Waals surface area contributed by atoms with E-state index in [0.717, 1.165) is 7.11 Å². The Bertz CT molecular complexity index is 1430. The SMILES string of the molecule is COC(=O)[C@H](CC1=CC(Br)=C(Oc2ccc(O)c(C(C)(C)C)c2)C(Br)(Cc2ccc(=O)[nH]n2)C1)NC(=O)C(F)(F)F. The molecule has 9 nitrogen and oxygen atoms in total. The zero-order valence-electron chi connectivity index (χ0n) is 22.5. The van der Waals surface area contributed by atoms with Crippen LogP contribution in [-0.2, 0) is 26.2 Å². The summed E-state index contributed by atoms with van der Waals surface area (Å²) in [4.78, 5) is 35.5. The van der Waals surface area contributed by atoms with Gasteiger partial charge in [0, 0.05) is 18.1 Å². The molecule has 3 rings (SSSR count). The molecule has 1 amide bonds. The summed E-state index contributed by atoms with van der Waals surface area (Å²) in [5.74, 6) is -2.45. The van der Waals surface area contributed by atoms with Crippen LogP contribution in [0, 0.1) is 0 Å². The number of phenolic OH excluding ortho intramolecular Hbond substituents is 1. The van der Waals surface area contributed by atoms with Gasteiger partial charge >= 0.3 is 18.1 Å². The van der Waals surface area contributed by atoms with Crippen LogP contribution in [0.3, 0.4) is 0 Å². The maximum absolute atomic E-state index is 12.9. The molecular formula is C27H28Br2F3N3O6. The fraction of sp³-hybridized carbons (Fsp3) is 0.407. The average molecular weight is 707 g/mol. The number of methoxy groups -OCH3 is 1. The first kappa shape index (κ1) is 32.4. The van der Waals surface area contributed by atoms with Crippen LogP contribution < -0.4 is 15.6 Å². The number of nitrogens with one attached hydrogen (secondary N) is 2. The summed E-state index contributed by atoms with van der Waals surface area (Å²) in [5.41, 5.74) is 0.770. The normalized spacial score (nSPS) is 18.4. The van der Waals surface area contributed by atoms with Crippen LogP contribution in [-0.4, -0.2) is 50.8 Å². The Balaban J connectivity index is 2.04. The predicted molar refractivity (Wildman–Crippen MR) is 151 cm³/mol. The van der Waals surface area contributed by atoms with Gasteiger partial charge in [-0.1, -0.05) is 42.3 Å². The molecule has 0 saturated carbocycles. The minimum absolute atomic E-state index is 0.0982. The van der Waals surface area contributed by atoms with E-state index in [1.165, 1.54) is 18.2 Å². The maximum Gasteiger partial charge on any atom is 0.471 e. The number of H-pyrrole nitrogens is 1. The molecule has 0 spiro atoms. The van der Waals surface area contributed by atoms with E-state index < -0.39 is 39.4 Å². The van der Waals surface area contributed by atoms with Crippen molar-refractivity contribution >= 4 is 43.7 Å². The number of halogens is 5. The van der Waals surface area contributed by atoms with Crippen molar-refractivity contribution in [3.8, 4) is 11.5 Å². The van der Waals surface area contributed by atoms with Crippen molar-refractivity contribution in [2.24, 2.45) is 0 Å². The first-order valence-corrected chi connectivity index (χ1v) is 13.8. The van der Waals surface area contributed by atoms with Gasteiger partial charge in [-0.25, -0.2) is 9.89 Å². The second-order valence-corrected chi connectivity index (χ2v) is 12.9. The van der Waals surface area contributed by atoms with Gasteiger partial charge in [0.1, 0.15) is 23.3 Å². The third-order valence-electron chi connectivity index (χ3n) is 6.17. The van der Waals surface area contributed by atoms with E-state index in [-0.39, 0.29) is 25.0 Å². The molecular weight excluding hydrogens is 679 g/mol. The van der Waals surface area contributed by atoms with Gasteiger partial charge in [0.15, 0.2) is 0 Å². The van der Waals surface area contributed by atoms with E-state index in [1.807, 2.05) is 20.8 Å². The van der Waals surface area contributed by atoms with E-state index in [0.29, 0.717) is 32.8 Å². The molecule has 0 saturated heterocycles. The Morgan fingerprint density at radius 1 is 1.22 bits per heavy atom. The van der Waals surface area contributed by atoms with Crippen molar-refractivity contribution in [2.75, 3.05) is 7.11 Å². The molecule has 0 aliphatic heterocycles. The largest absolute Gasteiger partial charge is 0.508 e. The summed E-state index contributed by atoms with van der Waals surface area (Å²) < 4.78 is 49.1. The number of carbonyl (C=O) groups is 2. The van der Waals surface area contributed by atoms with Crippen molar-refractivity contribution < 1.29 is 37.3 Å². The number of aromatic amines is 1. The van der Waals surface area contributed by atoms with Crippen molar-refractivity contribution in [1.29, 1.82) is 0 Å². The van der Waals surface area contributed by atoms with Crippen LogP contribution in [0.4, 0.5) is 13.2 Å². The zero-order chi connectivity index (χ0) is 30.8. The quantitative estimate of drug-likeness (QED) is 0.258. The molecule has 14 heteroatoms.